The summed E-state index contributed by atoms with van der Waals surface area (Å²) in [6.45, 7) is -0.0912. The van der Waals surface area contributed by atoms with Gasteiger partial charge in [0, 0.05) is 5.56 Å². The van der Waals surface area contributed by atoms with Crippen molar-refractivity contribution in [3.8, 4) is 17.2 Å². The fraction of sp³-hybridized carbons (Fsp3) is 0.125. The molecule has 0 saturated heterocycles. The number of aromatic nitrogens is 2. The van der Waals surface area contributed by atoms with Crippen molar-refractivity contribution in [3.05, 3.63) is 66.3 Å². The molecule has 6 heteroatoms. The molecule has 0 amide bonds. The number of rotatable bonds is 5. The summed E-state index contributed by atoms with van der Waals surface area (Å²) in [5.74, 6) is 0.321. The first-order valence-corrected chi connectivity index (χ1v) is 6.66. The summed E-state index contributed by atoms with van der Waals surface area (Å²) in [6.07, 6.45) is 0.150. The Hall–Kier alpha value is -2.73. The van der Waals surface area contributed by atoms with E-state index in [1.54, 1.807) is 36.4 Å². The van der Waals surface area contributed by atoms with Gasteiger partial charge in [0.2, 0.25) is 6.39 Å². The second-order valence-corrected chi connectivity index (χ2v) is 4.59. The molecule has 2 aromatic carbocycles. The molecule has 22 heavy (non-hydrogen) atoms. The lowest BCUT2D eigenvalue weighted by Crippen LogP contribution is -2.11. The number of aliphatic hydroxyl groups excluding tert-OH is 1. The van der Waals surface area contributed by atoms with Gasteiger partial charge >= 0.3 is 0 Å². The van der Waals surface area contributed by atoms with Crippen molar-refractivity contribution < 1.29 is 18.7 Å². The van der Waals surface area contributed by atoms with E-state index in [1.807, 2.05) is 0 Å². The van der Waals surface area contributed by atoms with E-state index in [-0.39, 0.29) is 12.2 Å². The van der Waals surface area contributed by atoms with Crippen LogP contribution < -0.4 is 4.74 Å². The van der Waals surface area contributed by atoms with Crippen LogP contribution in [0.15, 0.2) is 59.3 Å². The Kier molecular flexibility index (Phi) is 4.11. The molecule has 0 unspecified atom stereocenters. The fourth-order valence-corrected chi connectivity index (χ4v) is 2.06. The van der Waals surface area contributed by atoms with Crippen molar-refractivity contribution in [3.63, 3.8) is 0 Å². The van der Waals surface area contributed by atoms with Gasteiger partial charge in [-0.1, -0.05) is 30.3 Å². The minimum absolute atomic E-state index is 0.0912. The number of nitrogens with zero attached hydrogens (tertiary/aromatic N) is 2. The van der Waals surface area contributed by atoms with E-state index in [0.29, 0.717) is 17.2 Å². The molecule has 0 fully saturated rings. The summed E-state index contributed by atoms with van der Waals surface area (Å²) in [5, 5.41) is 17.5. The van der Waals surface area contributed by atoms with E-state index in [4.69, 9.17) is 9.15 Å². The van der Waals surface area contributed by atoms with Crippen molar-refractivity contribution in [1.29, 1.82) is 0 Å². The Morgan fingerprint density at radius 2 is 1.91 bits per heavy atom. The van der Waals surface area contributed by atoms with Crippen LogP contribution in [0.1, 0.15) is 11.7 Å². The molecular weight excluding hydrogens is 287 g/mol. The zero-order chi connectivity index (χ0) is 15.4. The van der Waals surface area contributed by atoms with Crippen LogP contribution in [0.25, 0.3) is 11.5 Å². The molecule has 3 aromatic rings. The first-order chi connectivity index (χ1) is 10.8. The maximum Gasteiger partial charge on any atom is 0.251 e. The Morgan fingerprint density at radius 3 is 2.68 bits per heavy atom. The Labute approximate surface area is 126 Å². The summed E-state index contributed by atoms with van der Waals surface area (Å²) in [6, 6.07) is 13.1. The van der Waals surface area contributed by atoms with Crippen molar-refractivity contribution in [2.24, 2.45) is 0 Å². The highest BCUT2D eigenvalue weighted by Gasteiger charge is 2.15. The average molecular weight is 300 g/mol. The van der Waals surface area contributed by atoms with Crippen LogP contribution in [0.3, 0.4) is 0 Å². The lowest BCUT2D eigenvalue weighted by Gasteiger charge is -2.14. The van der Waals surface area contributed by atoms with Gasteiger partial charge < -0.3 is 14.3 Å². The van der Waals surface area contributed by atoms with Crippen LogP contribution in [0.2, 0.25) is 0 Å². The number of hydrogen-bond donors (Lipinski definition) is 1. The highest BCUT2D eigenvalue weighted by atomic mass is 19.1. The van der Waals surface area contributed by atoms with Gasteiger partial charge in [0.15, 0.2) is 0 Å². The smallest absolute Gasteiger partial charge is 0.251 e. The molecule has 0 spiro atoms. The number of benzene rings is 2. The molecule has 1 heterocycles. The predicted molar refractivity (Wildman–Crippen MR) is 76.6 cm³/mol. The van der Waals surface area contributed by atoms with E-state index in [1.165, 1.54) is 18.5 Å². The zero-order valence-electron chi connectivity index (χ0n) is 11.5. The Morgan fingerprint density at radius 1 is 1.14 bits per heavy atom. The van der Waals surface area contributed by atoms with E-state index in [9.17, 15) is 9.50 Å². The van der Waals surface area contributed by atoms with Gasteiger partial charge in [0.25, 0.3) is 5.89 Å². The molecule has 1 N–H and O–H groups in total. The molecule has 0 bridgehead atoms. The van der Waals surface area contributed by atoms with E-state index in [0.717, 1.165) is 0 Å². The van der Waals surface area contributed by atoms with Crippen LogP contribution in [0.5, 0.6) is 5.75 Å². The second-order valence-electron chi connectivity index (χ2n) is 4.59. The zero-order valence-corrected chi connectivity index (χ0v) is 11.5. The van der Waals surface area contributed by atoms with Gasteiger partial charge in [0.05, 0.1) is 5.56 Å². The van der Waals surface area contributed by atoms with E-state index < -0.39 is 11.9 Å². The lowest BCUT2D eigenvalue weighted by atomic mass is 10.1. The third-order valence-corrected chi connectivity index (χ3v) is 3.14. The van der Waals surface area contributed by atoms with Crippen molar-refractivity contribution in [1.82, 2.24) is 10.2 Å². The summed E-state index contributed by atoms with van der Waals surface area (Å²) >= 11 is 0. The quantitative estimate of drug-likeness (QED) is 0.784. The largest absolute Gasteiger partial charge is 0.490 e. The highest BCUT2D eigenvalue weighted by Crippen LogP contribution is 2.29. The second kappa shape index (κ2) is 6.36. The number of ether oxygens (including phenoxy) is 1. The van der Waals surface area contributed by atoms with Crippen molar-refractivity contribution >= 4 is 0 Å². The molecule has 3 rings (SSSR count). The SMILES string of the molecule is O[C@H](COc1ccccc1-c1nnco1)c1ccccc1F. The monoisotopic (exact) mass is 300 g/mol. The number of para-hydroxylation sites is 1. The molecule has 0 aliphatic rings. The third kappa shape index (κ3) is 2.96. The van der Waals surface area contributed by atoms with Crippen LogP contribution in [-0.4, -0.2) is 21.9 Å². The summed E-state index contributed by atoms with van der Waals surface area (Å²) < 4.78 is 24.4. The van der Waals surface area contributed by atoms with Crippen LogP contribution in [-0.2, 0) is 0 Å². The minimum Gasteiger partial charge on any atom is -0.490 e. The minimum atomic E-state index is -1.07. The van der Waals surface area contributed by atoms with E-state index in [2.05, 4.69) is 10.2 Å². The van der Waals surface area contributed by atoms with Crippen molar-refractivity contribution in [2.75, 3.05) is 6.61 Å². The molecule has 0 radical (unpaired) electrons. The average Bonchev–Trinajstić information content (AvgIpc) is 3.07. The Balaban J connectivity index is 1.76. The van der Waals surface area contributed by atoms with Gasteiger partial charge in [-0.05, 0) is 18.2 Å². The van der Waals surface area contributed by atoms with Crippen molar-refractivity contribution in [2.45, 2.75) is 6.10 Å². The normalized spacial score (nSPS) is 12.1. The van der Waals surface area contributed by atoms with Gasteiger partial charge in [-0.3, -0.25) is 0 Å². The maximum absolute atomic E-state index is 13.6. The molecule has 1 atom stereocenters. The van der Waals surface area contributed by atoms with Gasteiger partial charge in [0.1, 0.15) is 24.3 Å². The first-order valence-electron chi connectivity index (χ1n) is 6.66. The number of aliphatic hydroxyl groups is 1. The predicted octanol–water partition coefficient (Wildman–Crippen LogP) is 2.99. The maximum atomic E-state index is 13.6. The number of hydrogen-bond acceptors (Lipinski definition) is 5. The lowest BCUT2D eigenvalue weighted by molar-refractivity contribution is 0.105. The van der Waals surface area contributed by atoms with E-state index >= 15 is 0 Å². The molecule has 112 valence electrons. The topological polar surface area (TPSA) is 68.4 Å². The standard InChI is InChI=1S/C16H13FN2O3/c17-13-7-3-1-5-11(13)14(20)9-21-15-8-4-2-6-12(15)16-19-18-10-22-16/h1-8,10,14,20H,9H2/t14-/m1/s1. The van der Waals surface area contributed by atoms with Crippen LogP contribution in [0, 0.1) is 5.82 Å². The highest BCUT2D eigenvalue weighted by molar-refractivity contribution is 5.62. The fourth-order valence-electron chi connectivity index (χ4n) is 2.06. The molecule has 0 saturated carbocycles. The molecule has 0 aliphatic carbocycles. The number of halogens is 1. The van der Waals surface area contributed by atoms with Crippen LogP contribution >= 0.6 is 0 Å². The molecule has 1 aromatic heterocycles. The molecular formula is C16H13FN2O3. The summed E-state index contributed by atoms with van der Waals surface area (Å²) in [5.41, 5.74) is 0.804. The molecule has 5 nitrogen and oxygen atoms in total. The molecule has 0 aliphatic heterocycles. The van der Waals surface area contributed by atoms with Crippen LogP contribution in [0.4, 0.5) is 4.39 Å². The Bertz CT molecular complexity index is 747. The summed E-state index contributed by atoms with van der Waals surface area (Å²) in [7, 11) is 0. The van der Waals surface area contributed by atoms with Gasteiger partial charge in [-0.25, -0.2) is 4.39 Å². The summed E-state index contributed by atoms with van der Waals surface area (Å²) in [4.78, 5) is 0. The van der Waals surface area contributed by atoms with Gasteiger partial charge in [-0.2, -0.15) is 0 Å². The van der Waals surface area contributed by atoms with Gasteiger partial charge in [-0.15, -0.1) is 10.2 Å². The third-order valence-electron chi connectivity index (χ3n) is 3.14. The first kappa shape index (κ1) is 14.2.